The fourth-order valence-electron chi connectivity index (χ4n) is 2.11. The van der Waals surface area contributed by atoms with Crippen LogP contribution in [0.1, 0.15) is 11.1 Å². The number of ether oxygens (including phenoxy) is 1. The maximum Gasteiger partial charge on any atom is 0.137 e. The van der Waals surface area contributed by atoms with Gasteiger partial charge in [-0.05, 0) is 25.1 Å². The van der Waals surface area contributed by atoms with Crippen molar-refractivity contribution in [1.82, 2.24) is 0 Å². The molecule has 1 aromatic heterocycles. The Morgan fingerprint density at radius 2 is 2.24 bits per heavy atom. The lowest BCUT2D eigenvalue weighted by Crippen LogP contribution is -2.05. The van der Waals surface area contributed by atoms with Gasteiger partial charge in [0.2, 0.25) is 0 Å². The third-order valence-corrected chi connectivity index (χ3v) is 2.86. The van der Waals surface area contributed by atoms with Crippen molar-refractivity contribution in [3.8, 4) is 5.75 Å². The minimum atomic E-state index is -0.408. The van der Waals surface area contributed by atoms with Gasteiger partial charge in [-0.2, -0.15) is 0 Å². The number of nitrogens with two attached hydrogens (primary N) is 1. The number of alkyl halides is 1. The van der Waals surface area contributed by atoms with E-state index in [0.717, 1.165) is 34.3 Å². The molecule has 1 aromatic carbocycles. The average molecular weight is 237 g/mol. The van der Waals surface area contributed by atoms with E-state index >= 15 is 0 Å². The largest absolute Gasteiger partial charge is 0.496 e. The fraction of sp³-hybridized carbons (Fsp3) is 0.385. The van der Waals surface area contributed by atoms with Crippen molar-refractivity contribution in [2.24, 2.45) is 5.73 Å². The number of hydrogen-bond acceptors (Lipinski definition) is 3. The Hall–Kier alpha value is -1.55. The van der Waals surface area contributed by atoms with E-state index < -0.39 is 6.67 Å². The highest BCUT2D eigenvalue weighted by atomic mass is 19.1. The summed E-state index contributed by atoms with van der Waals surface area (Å²) >= 11 is 0. The van der Waals surface area contributed by atoms with E-state index in [9.17, 15) is 4.39 Å². The summed E-state index contributed by atoms with van der Waals surface area (Å²) in [7, 11) is 1.61. The van der Waals surface area contributed by atoms with Crippen LogP contribution in [-0.4, -0.2) is 20.3 Å². The number of aryl methyl sites for hydroxylation is 1. The number of rotatable bonds is 5. The van der Waals surface area contributed by atoms with Crippen LogP contribution >= 0.6 is 0 Å². The number of furan rings is 1. The first-order chi connectivity index (χ1) is 8.31. The molecule has 0 unspecified atom stereocenters. The monoisotopic (exact) mass is 237 g/mol. The molecule has 0 atom stereocenters. The van der Waals surface area contributed by atoms with E-state index in [-0.39, 0.29) is 0 Å². The van der Waals surface area contributed by atoms with Crippen molar-refractivity contribution >= 4 is 11.0 Å². The zero-order chi connectivity index (χ0) is 12.3. The lowest BCUT2D eigenvalue weighted by atomic mass is 10.0. The predicted molar refractivity (Wildman–Crippen MR) is 65.2 cm³/mol. The van der Waals surface area contributed by atoms with Crippen molar-refractivity contribution in [3.05, 3.63) is 29.5 Å². The van der Waals surface area contributed by atoms with E-state index in [0.29, 0.717) is 13.0 Å². The van der Waals surface area contributed by atoms with Crippen molar-refractivity contribution in [3.63, 3.8) is 0 Å². The molecule has 0 aliphatic rings. The van der Waals surface area contributed by atoms with Gasteiger partial charge >= 0.3 is 0 Å². The Balaban J connectivity index is 2.63. The van der Waals surface area contributed by atoms with E-state index in [2.05, 4.69) is 0 Å². The van der Waals surface area contributed by atoms with E-state index in [1.165, 1.54) is 0 Å². The molecule has 4 heteroatoms. The summed E-state index contributed by atoms with van der Waals surface area (Å²) in [6.45, 7) is 0.133. The van der Waals surface area contributed by atoms with Crippen molar-refractivity contribution in [1.29, 1.82) is 0 Å². The number of fused-ring (bicyclic) bond motifs is 1. The Bertz CT molecular complexity index is 507. The maximum absolute atomic E-state index is 12.5. The lowest BCUT2D eigenvalue weighted by Gasteiger charge is -2.11. The Labute approximate surface area is 99.4 Å². The molecular weight excluding hydrogens is 221 g/mol. The zero-order valence-electron chi connectivity index (χ0n) is 9.83. The Morgan fingerprint density at radius 1 is 1.41 bits per heavy atom. The molecular formula is C13H16FNO2. The van der Waals surface area contributed by atoms with Gasteiger partial charge in [0, 0.05) is 22.9 Å². The van der Waals surface area contributed by atoms with Gasteiger partial charge < -0.3 is 14.9 Å². The third-order valence-electron chi connectivity index (χ3n) is 2.86. The molecule has 0 bridgehead atoms. The molecule has 17 heavy (non-hydrogen) atoms. The molecule has 0 aliphatic carbocycles. The van der Waals surface area contributed by atoms with Crippen LogP contribution in [0.3, 0.4) is 0 Å². The summed E-state index contributed by atoms with van der Waals surface area (Å²) in [4.78, 5) is 0. The molecule has 0 radical (unpaired) electrons. The molecule has 0 spiro atoms. The summed E-state index contributed by atoms with van der Waals surface area (Å²) in [5, 5.41) is 0.971. The SMILES string of the molecule is COc1cc(CCF)c2occc2c1CCN. The number of benzene rings is 1. The van der Waals surface area contributed by atoms with Gasteiger partial charge in [0.05, 0.1) is 20.0 Å². The second-order valence-corrected chi connectivity index (χ2v) is 3.86. The lowest BCUT2D eigenvalue weighted by molar-refractivity contribution is 0.409. The van der Waals surface area contributed by atoms with Crippen LogP contribution in [0.2, 0.25) is 0 Å². The number of hydrogen-bond donors (Lipinski definition) is 1. The van der Waals surface area contributed by atoms with Crippen LogP contribution in [0.5, 0.6) is 5.75 Å². The summed E-state index contributed by atoms with van der Waals surface area (Å²) in [5.41, 5.74) is 8.20. The van der Waals surface area contributed by atoms with E-state index in [1.807, 2.05) is 12.1 Å². The Morgan fingerprint density at radius 3 is 2.88 bits per heavy atom. The molecule has 3 nitrogen and oxygen atoms in total. The molecule has 0 saturated heterocycles. The topological polar surface area (TPSA) is 48.4 Å². The highest BCUT2D eigenvalue weighted by Gasteiger charge is 2.14. The van der Waals surface area contributed by atoms with E-state index in [4.69, 9.17) is 14.9 Å². The first-order valence-electron chi connectivity index (χ1n) is 5.63. The van der Waals surface area contributed by atoms with Crippen molar-refractivity contribution in [2.45, 2.75) is 12.8 Å². The average Bonchev–Trinajstić information content (AvgIpc) is 2.81. The van der Waals surface area contributed by atoms with Gasteiger partial charge in [0.25, 0.3) is 0 Å². The van der Waals surface area contributed by atoms with Gasteiger partial charge in [-0.3, -0.25) is 4.39 Å². The van der Waals surface area contributed by atoms with Crippen molar-refractivity contribution < 1.29 is 13.5 Å². The maximum atomic E-state index is 12.5. The molecule has 0 saturated carbocycles. The molecule has 2 N–H and O–H groups in total. The van der Waals surface area contributed by atoms with Crippen LogP contribution < -0.4 is 10.5 Å². The minimum absolute atomic E-state index is 0.337. The van der Waals surface area contributed by atoms with Gasteiger partial charge in [-0.1, -0.05) is 0 Å². The molecule has 0 fully saturated rings. The van der Waals surface area contributed by atoms with Crippen molar-refractivity contribution in [2.75, 3.05) is 20.3 Å². The van der Waals surface area contributed by atoms with Gasteiger partial charge in [-0.15, -0.1) is 0 Å². The third kappa shape index (κ3) is 2.13. The fourth-order valence-corrected chi connectivity index (χ4v) is 2.11. The van der Waals surface area contributed by atoms with Gasteiger partial charge in [0.1, 0.15) is 11.3 Å². The highest BCUT2D eigenvalue weighted by molar-refractivity contribution is 5.86. The molecule has 2 rings (SSSR count). The predicted octanol–water partition coefficient (Wildman–Crippen LogP) is 2.45. The quantitative estimate of drug-likeness (QED) is 0.869. The van der Waals surface area contributed by atoms with Gasteiger partial charge in [0.15, 0.2) is 0 Å². The van der Waals surface area contributed by atoms with Crippen LogP contribution in [0.15, 0.2) is 22.8 Å². The molecule has 0 aliphatic heterocycles. The molecule has 92 valence electrons. The van der Waals surface area contributed by atoms with Crippen LogP contribution in [0.4, 0.5) is 4.39 Å². The highest BCUT2D eigenvalue weighted by Crippen LogP contribution is 2.32. The van der Waals surface area contributed by atoms with Gasteiger partial charge in [-0.25, -0.2) is 0 Å². The Kier molecular flexibility index (Phi) is 3.64. The first kappa shape index (κ1) is 11.9. The number of halogens is 1. The molecule has 1 heterocycles. The summed E-state index contributed by atoms with van der Waals surface area (Å²) in [6, 6.07) is 3.72. The van der Waals surface area contributed by atoms with Crippen LogP contribution in [-0.2, 0) is 12.8 Å². The minimum Gasteiger partial charge on any atom is -0.496 e. The van der Waals surface area contributed by atoms with E-state index in [1.54, 1.807) is 13.4 Å². The number of methoxy groups -OCH3 is 1. The first-order valence-corrected chi connectivity index (χ1v) is 5.63. The smallest absolute Gasteiger partial charge is 0.137 e. The summed E-state index contributed by atoms with van der Waals surface area (Å²) in [5.74, 6) is 0.757. The summed E-state index contributed by atoms with van der Waals surface area (Å²) < 4.78 is 23.3. The second-order valence-electron chi connectivity index (χ2n) is 3.86. The van der Waals surface area contributed by atoms with Crippen LogP contribution in [0.25, 0.3) is 11.0 Å². The van der Waals surface area contributed by atoms with Crippen LogP contribution in [0, 0.1) is 0 Å². The standard InChI is InChI=1S/C13H16FNO2/c1-16-12-8-9(2-5-14)13-11(4-7-17-13)10(12)3-6-15/h4,7-8H,2-3,5-6,15H2,1H3. The zero-order valence-corrected chi connectivity index (χ0v) is 9.83. The summed E-state index contributed by atoms with van der Waals surface area (Å²) in [6.07, 6.45) is 2.67. The molecule has 0 amide bonds. The normalized spacial score (nSPS) is 11.0. The second kappa shape index (κ2) is 5.19. The molecule has 2 aromatic rings.